The van der Waals surface area contributed by atoms with Gasteiger partial charge in [0.25, 0.3) is 0 Å². The van der Waals surface area contributed by atoms with Crippen LogP contribution in [0, 0.1) is 0 Å². The fourth-order valence-electron chi connectivity index (χ4n) is 1.07. The van der Waals surface area contributed by atoms with Gasteiger partial charge in [-0.3, -0.25) is 4.79 Å². The van der Waals surface area contributed by atoms with Gasteiger partial charge < -0.3 is 4.98 Å². The van der Waals surface area contributed by atoms with E-state index in [1.165, 1.54) is 18.5 Å². The van der Waals surface area contributed by atoms with Gasteiger partial charge in [0.05, 0.1) is 0 Å². The Kier molecular flexibility index (Phi) is 3.01. The van der Waals surface area contributed by atoms with Crippen molar-refractivity contribution in [1.29, 1.82) is 0 Å². The molecule has 0 aliphatic heterocycles. The summed E-state index contributed by atoms with van der Waals surface area (Å²) in [6.07, 6.45) is 2.56. The van der Waals surface area contributed by atoms with E-state index in [2.05, 4.69) is 9.71 Å². The van der Waals surface area contributed by atoms with Gasteiger partial charge in [-0.2, -0.15) is 0 Å². The normalized spacial score (nSPS) is 12.7. The molecule has 1 aromatic rings. The van der Waals surface area contributed by atoms with Gasteiger partial charge in [-0.05, 0) is 20.8 Å². The third kappa shape index (κ3) is 3.17. The summed E-state index contributed by atoms with van der Waals surface area (Å²) in [4.78, 5) is 13.6. The molecule has 15 heavy (non-hydrogen) atoms. The smallest absolute Gasteiger partial charge is 0.246 e. The molecular formula is C9H14N2O3S. The number of H-pyrrole nitrogens is 1. The van der Waals surface area contributed by atoms with Crippen LogP contribution < -0.4 is 10.2 Å². The van der Waals surface area contributed by atoms with Gasteiger partial charge >= 0.3 is 0 Å². The standard InChI is InChI=1S/C9H14N2O3S/c1-9(2,3)11-15(13,14)8-6-10-5-4-7(8)12/h4-6,11H,1-3H3,(H,10,12). The summed E-state index contributed by atoms with van der Waals surface area (Å²) in [5.41, 5.74) is -1.13. The number of aromatic nitrogens is 1. The number of hydrogen-bond donors (Lipinski definition) is 2. The number of nitrogens with one attached hydrogen (secondary N) is 2. The first-order chi connectivity index (χ1) is 6.72. The van der Waals surface area contributed by atoms with Gasteiger partial charge in [0, 0.05) is 24.0 Å². The van der Waals surface area contributed by atoms with E-state index in [1.54, 1.807) is 20.8 Å². The molecule has 0 saturated heterocycles. The van der Waals surface area contributed by atoms with E-state index >= 15 is 0 Å². The van der Waals surface area contributed by atoms with Crippen molar-refractivity contribution in [2.24, 2.45) is 0 Å². The van der Waals surface area contributed by atoms with Gasteiger partial charge in [0.1, 0.15) is 4.90 Å². The SMILES string of the molecule is CC(C)(C)NS(=O)(=O)c1c[nH]ccc1=O. The lowest BCUT2D eigenvalue weighted by molar-refractivity contribution is 0.491. The molecule has 1 rings (SSSR count). The average Bonchev–Trinajstić information content (AvgIpc) is 1.99. The van der Waals surface area contributed by atoms with E-state index < -0.39 is 21.0 Å². The second-order valence-corrected chi connectivity index (χ2v) is 5.88. The van der Waals surface area contributed by atoms with Crippen molar-refractivity contribution in [2.75, 3.05) is 0 Å². The van der Waals surface area contributed by atoms with Gasteiger partial charge in [-0.15, -0.1) is 0 Å². The van der Waals surface area contributed by atoms with Gasteiger partial charge in [0.2, 0.25) is 15.5 Å². The topological polar surface area (TPSA) is 79.0 Å². The van der Waals surface area contributed by atoms with E-state index in [1.807, 2.05) is 0 Å². The predicted octanol–water partition coefficient (Wildman–Crippen LogP) is 0.452. The molecule has 0 bridgehead atoms. The lowest BCUT2D eigenvalue weighted by Gasteiger charge is -2.19. The van der Waals surface area contributed by atoms with E-state index in [-0.39, 0.29) is 4.90 Å². The highest BCUT2D eigenvalue weighted by Gasteiger charge is 2.23. The molecule has 0 atom stereocenters. The summed E-state index contributed by atoms with van der Waals surface area (Å²) in [7, 11) is -3.74. The zero-order chi connectivity index (χ0) is 11.7. The van der Waals surface area contributed by atoms with E-state index in [4.69, 9.17) is 0 Å². The van der Waals surface area contributed by atoms with Crippen molar-refractivity contribution in [2.45, 2.75) is 31.2 Å². The van der Waals surface area contributed by atoms with Gasteiger partial charge in [0.15, 0.2) is 0 Å². The van der Waals surface area contributed by atoms with Crippen molar-refractivity contribution in [3.8, 4) is 0 Å². The summed E-state index contributed by atoms with van der Waals surface area (Å²) < 4.78 is 25.9. The lowest BCUT2D eigenvalue weighted by atomic mass is 10.1. The zero-order valence-electron chi connectivity index (χ0n) is 8.87. The van der Waals surface area contributed by atoms with Crippen molar-refractivity contribution >= 4 is 10.0 Å². The minimum Gasteiger partial charge on any atom is -0.366 e. The highest BCUT2D eigenvalue weighted by molar-refractivity contribution is 7.89. The number of pyridine rings is 1. The molecule has 0 radical (unpaired) electrons. The van der Waals surface area contributed by atoms with Gasteiger partial charge in [-0.25, -0.2) is 13.1 Å². The second kappa shape index (κ2) is 3.79. The Labute approximate surface area is 88.6 Å². The van der Waals surface area contributed by atoms with Crippen molar-refractivity contribution in [3.05, 3.63) is 28.7 Å². The lowest BCUT2D eigenvalue weighted by Crippen LogP contribution is -2.42. The molecule has 0 aliphatic rings. The maximum atomic E-state index is 11.7. The summed E-state index contributed by atoms with van der Waals surface area (Å²) in [6.45, 7) is 5.13. The first kappa shape index (κ1) is 11.9. The molecule has 2 N–H and O–H groups in total. The molecule has 1 heterocycles. The molecule has 0 unspecified atom stereocenters. The van der Waals surface area contributed by atoms with E-state index in [9.17, 15) is 13.2 Å². The summed E-state index contributed by atoms with van der Waals surface area (Å²) in [5, 5.41) is 0. The maximum absolute atomic E-state index is 11.7. The molecule has 5 nitrogen and oxygen atoms in total. The highest BCUT2D eigenvalue weighted by Crippen LogP contribution is 2.07. The largest absolute Gasteiger partial charge is 0.366 e. The van der Waals surface area contributed by atoms with Crippen LogP contribution >= 0.6 is 0 Å². The Morgan fingerprint density at radius 3 is 2.40 bits per heavy atom. The number of rotatable bonds is 2. The Morgan fingerprint density at radius 1 is 1.33 bits per heavy atom. The quantitative estimate of drug-likeness (QED) is 0.774. The number of aromatic amines is 1. The van der Waals surface area contributed by atoms with Crippen LogP contribution in [0.1, 0.15) is 20.8 Å². The minimum absolute atomic E-state index is 0.264. The maximum Gasteiger partial charge on any atom is 0.246 e. The van der Waals surface area contributed by atoms with E-state index in [0.717, 1.165) is 0 Å². The first-order valence-electron chi connectivity index (χ1n) is 4.43. The average molecular weight is 230 g/mol. The van der Waals surface area contributed by atoms with Crippen LogP contribution in [-0.2, 0) is 10.0 Å². The van der Waals surface area contributed by atoms with Crippen LogP contribution in [0.4, 0.5) is 0 Å². The molecule has 6 heteroatoms. The fourth-order valence-corrected chi connectivity index (χ4v) is 2.54. The van der Waals surface area contributed by atoms with Crippen LogP contribution in [0.3, 0.4) is 0 Å². The molecular weight excluding hydrogens is 216 g/mol. The molecule has 0 aliphatic carbocycles. The van der Waals surface area contributed by atoms with Crippen LogP contribution in [-0.4, -0.2) is 18.9 Å². The third-order valence-electron chi connectivity index (χ3n) is 1.52. The number of hydrogen-bond acceptors (Lipinski definition) is 3. The van der Waals surface area contributed by atoms with Gasteiger partial charge in [-0.1, -0.05) is 0 Å². The summed E-state index contributed by atoms with van der Waals surface area (Å²) in [5.74, 6) is 0. The van der Waals surface area contributed by atoms with Crippen molar-refractivity contribution < 1.29 is 8.42 Å². The second-order valence-electron chi connectivity index (χ2n) is 4.23. The molecule has 0 spiro atoms. The summed E-state index contributed by atoms with van der Waals surface area (Å²) in [6, 6.07) is 1.18. The van der Waals surface area contributed by atoms with Crippen LogP contribution in [0.2, 0.25) is 0 Å². The molecule has 84 valence electrons. The van der Waals surface area contributed by atoms with E-state index in [0.29, 0.717) is 0 Å². The third-order valence-corrected chi connectivity index (χ3v) is 3.30. The zero-order valence-corrected chi connectivity index (χ0v) is 9.68. The Bertz CT molecular complexity index is 497. The predicted molar refractivity (Wildman–Crippen MR) is 57.1 cm³/mol. The molecule has 0 amide bonds. The van der Waals surface area contributed by atoms with Crippen LogP contribution in [0.15, 0.2) is 28.2 Å². The molecule has 0 fully saturated rings. The molecule has 0 aromatic carbocycles. The molecule has 0 saturated carbocycles. The fraction of sp³-hybridized carbons (Fsp3) is 0.444. The Balaban J connectivity index is 3.20. The van der Waals surface area contributed by atoms with Crippen molar-refractivity contribution in [1.82, 2.24) is 9.71 Å². The van der Waals surface area contributed by atoms with Crippen molar-refractivity contribution in [3.63, 3.8) is 0 Å². The Hall–Kier alpha value is -1.14. The monoisotopic (exact) mass is 230 g/mol. The molecule has 1 aromatic heterocycles. The Morgan fingerprint density at radius 2 is 1.93 bits per heavy atom. The minimum atomic E-state index is -3.74. The summed E-state index contributed by atoms with van der Waals surface area (Å²) >= 11 is 0. The highest BCUT2D eigenvalue weighted by atomic mass is 32.2. The van der Waals surface area contributed by atoms with Crippen LogP contribution in [0.25, 0.3) is 0 Å². The first-order valence-corrected chi connectivity index (χ1v) is 5.92. The van der Waals surface area contributed by atoms with Crippen LogP contribution in [0.5, 0.6) is 0 Å². The number of sulfonamides is 1.